The van der Waals surface area contributed by atoms with E-state index in [1.54, 1.807) is 6.07 Å². The fourth-order valence-corrected chi connectivity index (χ4v) is 3.25. The van der Waals surface area contributed by atoms with Crippen molar-refractivity contribution in [2.45, 2.75) is 43.1 Å². The van der Waals surface area contributed by atoms with E-state index in [-0.39, 0.29) is 22.7 Å². The zero-order valence-corrected chi connectivity index (χ0v) is 13.9. The fraction of sp³-hybridized carbons (Fsp3) is 0.533. The normalized spacial score (nSPS) is 18.4. The van der Waals surface area contributed by atoms with Gasteiger partial charge in [0.25, 0.3) is 0 Å². The highest BCUT2D eigenvalue weighted by Gasteiger charge is 2.18. The number of anilines is 1. The Hall–Kier alpha value is -1.64. The molecule has 1 atom stereocenters. The molecule has 1 amide bonds. The summed E-state index contributed by atoms with van der Waals surface area (Å²) in [5.41, 5.74) is 0.365. The Labute approximate surface area is 136 Å². The molecule has 1 aliphatic rings. The van der Waals surface area contributed by atoms with E-state index in [1.807, 2.05) is 0 Å². The number of nitrogens with two attached hydrogens (primary N) is 1. The number of nitrogens with one attached hydrogen (secondary N) is 1. The first-order valence-electron chi connectivity index (χ1n) is 7.52. The molecule has 3 N–H and O–H groups in total. The maximum Gasteiger partial charge on any atom is 0.241 e. The van der Waals surface area contributed by atoms with Crippen molar-refractivity contribution < 1.29 is 22.7 Å². The van der Waals surface area contributed by atoms with Gasteiger partial charge in [0.1, 0.15) is 10.6 Å². The van der Waals surface area contributed by atoms with Crippen LogP contribution in [0, 0.1) is 0 Å². The topological polar surface area (TPSA) is 108 Å². The van der Waals surface area contributed by atoms with Crippen molar-refractivity contribution in [3.8, 4) is 5.75 Å². The number of methoxy groups -OCH3 is 1. The summed E-state index contributed by atoms with van der Waals surface area (Å²) in [4.78, 5) is 11.8. The zero-order chi connectivity index (χ0) is 16.9. The summed E-state index contributed by atoms with van der Waals surface area (Å²) in [7, 11) is -2.58. The molecule has 1 unspecified atom stereocenters. The average Bonchev–Trinajstić information content (AvgIpc) is 2.53. The van der Waals surface area contributed by atoms with Crippen LogP contribution in [-0.4, -0.2) is 34.1 Å². The van der Waals surface area contributed by atoms with Crippen molar-refractivity contribution in [1.82, 2.24) is 0 Å². The van der Waals surface area contributed by atoms with Crippen LogP contribution in [0.4, 0.5) is 5.69 Å². The second-order valence-corrected chi connectivity index (χ2v) is 7.02. The fourth-order valence-electron chi connectivity index (χ4n) is 2.53. The standard InChI is InChI=1S/C15H22N2O5S/c1-21-13-7-5-11(10-14(13)23(16,19)20)17-15(18)8-6-12-4-2-3-9-22-12/h5,7,10,12H,2-4,6,8-9H2,1H3,(H,17,18)(H2,16,19,20). The maximum atomic E-state index is 12.0. The van der Waals surface area contributed by atoms with Gasteiger partial charge in [-0.25, -0.2) is 13.6 Å². The molecule has 1 aromatic rings. The summed E-state index contributed by atoms with van der Waals surface area (Å²) < 4.78 is 33.7. The molecule has 7 nitrogen and oxygen atoms in total. The van der Waals surface area contributed by atoms with Gasteiger partial charge in [-0.2, -0.15) is 0 Å². The number of rotatable bonds is 6. The summed E-state index contributed by atoms with van der Waals surface area (Å²) in [5.74, 6) is -0.0502. The Morgan fingerprint density at radius 1 is 1.43 bits per heavy atom. The molecule has 0 spiro atoms. The number of hydrogen-bond acceptors (Lipinski definition) is 5. The highest BCUT2D eigenvalue weighted by atomic mass is 32.2. The van der Waals surface area contributed by atoms with Crippen LogP contribution >= 0.6 is 0 Å². The number of amides is 1. The number of ether oxygens (including phenoxy) is 2. The minimum atomic E-state index is -3.93. The molecule has 2 rings (SSSR count). The Kier molecular flexibility index (Phi) is 5.97. The lowest BCUT2D eigenvalue weighted by atomic mass is 10.0. The van der Waals surface area contributed by atoms with Gasteiger partial charge in [0.2, 0.25) is 15.9 Å². The Bertz CT molecular complexity index is 654. The lowest BCUT2D eigenvalue weighted by Crippen LogP contribution is -2.22. The monoisotopic (exact) mass is 342 g/mol. The smallest absolute Gasteiger partial charge is 0.241 e. The van der Waals surface area contributed by atoms with Gasteiger partial charge in [-0.05, 0) is 43.9 Å². The quantitative estimate of drug-likeness (QED) is 0.817. The van der Waals surface area contributed by atoms with E-state index < -0.39 is 10.0 Å². The first kappa shape index (κ1) is 17.7. The van der Waals surface area contributed by atoms with Gasteiger partial charge < -0.3 is 14.8 Å². The van der Waals surface area contributed by atoms with Crippen molar-refractivity contribution in [3.63, 3.8) is 0 Å². The Morgan fingerprint density at radius 3 is 2.83 bits per heavy atom. The third-order valence-electron chi connectivity index (χ3n) is 3.72. The number of carbonyl (C=O) groups is 1. The van der Waals surface area contributed by atoms with Crippen LogP contribution in [0.5, 0.6) is 5.75 Å². The average molecular weight is 342 g/mol. The van der Waals surface area contributed by atoms with E-state index in [2.05, 4.69) is 5.32 Å². The molecule has 0 radical (unpaired) electrons. The zero-order valence-electron chi connectivity index (χ0n) is 13.1. The highest BCUT2D eigenvalue weighted by Crippen LogP contribution is 2.26. The molecule has 1 fully saturated rings. The Balaban J connectivity index is 1.97. The SMILES string of the molecule is COc1ccc(NC(=O)CCC2CCCCO2)cc1S(N)(=O)=O. The third kappa shape index (κ3) is 5.19. The van der Waals surface area contributed by atoms with Crippen molar-refractivity contribution in [2.24, 2.45) is 5.14 Å². The molecule has 8 heteroatoms. The van der Waals surface area contributed by atoms with Crippen molar-refractivity contribution >= 4 is 21.6 Å². The molecule has 0 aromatic heterocycles. The first-order chi connectivity index (χ1) is 10.9. The van der Waals surface area contributed by atoms with Crippen molar-refractivity contribution in [2.75, 3.05) is 19.0 Å². The van der Waals surface area contributed by atoms with Gasteiger partial charge in [-0.15, -0.1) is 0 Å². The van der Waals surface area contributed by atoms with E-state index in [0.717, 1.165) is 25.9 Å². The van der Waals surface area contributed by atoms with Gasteiger partial charge in [0, 0.05) is 18.7 Å². The minimum absolute atomic E-state index is 0.130. The summed E-state index contributed by atoms with van der Waals surface area (Å²) >= 11 is 0. The lowest BCUT2D eigenvalue weighted by Gasteiger charge is -2.22. The van der Waals surface area contributed by atoms with Crippen molar-refractivity contribution in [1.29, 1.82) is 0 Å². The van der Waals surface area contributed by atoms with E-state index in [0.29, 0.717) is 18.5 Å². The predicted molar refractivity (Wildman–Crippen MR) is 85.8 cm³/mol. The van der Waals surface area contributed by atoms with Gasteiger partial charge >= 0.3 is 0 Å². The van der Waals surface area contributed by atoms with Crippen LogP contribution in [-0.2, 0) is 19.6 Å². The number of carbonyl (C=O) groups excluding carboxylic acids is 1. The van der Waals surface area contributed by atoms with Crippen molar-refractivity contribution in [3.05, 3.63) is 18.2 Å². The molecule has 0 saturated carbocycles. The largest absolute Gasteiger partial charge is 0.495 e. The number of hydrogen-bond donors (Lipinski definition) is 2. The molecule has 1 aliphatic heterocycles. The summed E-state index contributed by atoms with van der Waals surface area (Å²) in [6.07, 6.45) is 4.29. The summed E-state index contributed by atoms with van der Waals surface area (Å²) in [5, 5.41) is 7.83. The number of sulfonamides is 1. The molecular weight excluding hydrogens is 320 g/mol. The van der Waals surface area contributed by atoms with E-state index >= 15 is 0 Å². The van der Waals surface area contributed by atoms with E-state index in [4.69, 9.17) is 14.6 Å². The molecule has 1 aromatic carbocycles. The lowest BCUT2D eigenvalue weighted by molar-refractivity contribution is -0.117. The molecule has 1 heterocycles. The first-order valence-corrected chi connectivity index (χ1v) is 9.07. The van der Waals surface area contributed by atoms with Gasteiger partial charge in [0.15, 0.2) is 0 Å². The van der Waals surface area contributed by atoms with Gasteiger partial charge in [-0.3, -0.25) is 4.79 Å². The van der Waals surface area contributed by atoms with Crippen LogP contribution < -0.4 is 15.2 Å². The van der Waals surface area contributed by atoms with Gasteiger partial charge in [0.05, 0.1) is 13.2 Å². The molecule has 23 heavy (non-hydrogen) atoms. The van der Waals surface area contributed by atoms with Gasteiger partial charge in [-0.1, -0.05) is 0 Å². The van der Waals surface area contributed by atoms with Crippen LogP contribution in [0.1, 0.15) is 32.1 Å². The highest BCUT2D eigenvalue weighted by molar-refractivity contribution is 7.89. The number of benzene rings is 1. The number of primary sulfonamides is 1. The molecular formula is C15H22N2O5S. The second-order valence-electron chi connectivity index (χ2n) is 5.49. The third-order valence-corrected chi connectivity index (χ3v) is 4.65. The van der Waals surface area contributed by atoms with Crippen LogP contribution in [0.3, 0.4) is 0 Å². The summed E-state index contributed by atoms with van der Waals surface area (Å²) in [6.45, 7) is 0.752. The van der Waals surface area contributed by atoms with Crippen LogP contribution in [0.25, 0.3) is 0 Å². The Morgan fingerprint density at radius 2 is 2.22 bits per heavy atom. The molecule has 128 valence electrons. The molecule has 0 aliphatic carbocycles. The predicted octanol–water partition coefficient (Wildman–Crippen LogP) is 1.63. The molecule has 1 saturated heterocycles. The summed E-state index contributed by atoms with van der Waals surface area (Å²) in [6, 6.07) is 4.32. The van der Waals surface area contributed by atoms with Crippen LogP contribution in [0.2, 0.25) is 0 Å². The van der Waals surface area contributed by atoms with Crippen LogP contribution in [0.15, 0.2) is 23.1 Å². The molecule has 0 bridgehead atoms. The van der Waals surface area contributed by atoms with E-state index in [9.17, 15) is 13.2 Å². The second kappa shape index (κ2) is 7.76. The maximum absolute atomic E-state index is 12.0. The minimum Gasteiger partial charge on any atom is -0.495 e. The van der Waals surface area contributed by atoms with E-state index in [1.165, 1.54) is 19.2 Å².